The Morgan fingerprint density at radius 2 is 1.56 bits per heavy atom. The lowest BCUT2D eigenvalue weighted by molar-refractivity contribution is 0.122. The van der Waals surface area contributed by atoms with Crippen LogP contribution in [-0.4, -0.2) is 64.1 Å². The number of nitrogens with two attached hydrogens (primary N) is 1. The summed E-state index contributed by atoms with van der Waals surface area (Å²) in [4.78, 5) is 17.8. The van der Waals surface area contributed by atoms with E-state index in [-0.39, 0.29) is 5.95 Å². The van der Waals surface area contributed by atoms with Crippen molar-refractivity contribution >= 4 is 29.1 Å². The van der Waals surface area contributed by atoms with E-state index in [1.807, 2.05) is 18.2 Å². The summed E-state index contributed by atoms with van der Waals surface area (Å²) in [5.41, 5.74) is 8.23. The Morgan fingerprint density at radius 1 is 0.844 bits per heavy atom. The summed E-state index contributed by atoms with van der Waals surface area (Å²) in [6.45, 7) is 5.38. The largest absolute Gasteiger partial charge is 0.378 e. The molecule has 2 fully saturated rings. The van der Waals surface area contributed by atoms with Gasteiger partial charge in [0.15, 0.2) is 5.82 Å². The molecule has 0 unspecified atom stereocenters. The van der Waals surface area contributed by atoms with E-state index in [2.05, 4.69) is 47.3 Å². The molecule has 0 atom stereocenters. The molecule has 10 nitrogen and oxygen atoms in total. The average molecular weight is 436 g/mol. The summed E-state index contributed by atoms with van der Waals surface area (Å²) >= 11 is 0. The van der Waals surface area contributed by atoms with Gasteiger partial charge in [-0.25, -0.2) is 9.97 Å². The molecule has 10 heteroatoms. The molecule has 0 saturated carbocycles. The molecule has 168 valence electrons. The van der Waals surface area contributed by atoms with Crippen molar-refractivity contribution in [2.75, 3.05) is 60.2 Å². The number of anilines is 5. The highest BCUT2D eigenvalue weighted by Crippen LogP contribution is 2.23. The van der Waals surface area contributed by atoms with E-state index in [1.165, 1.54) is 31.4 Å². The lowest BCUT2D eigenvalue weighted by Crippen LogP contribution is -2.36. The second-order valence-electron chi connectivity index (χ2n) is 8.11. The average Bonchev–Trinajstić information content (AvgIpc) is 3.02. The molecular weight excluding hydrogens is 406 g/mol. The van der Waals surface area contributed by atoms with E-state index in [0.717, 1.165) is 50.9 Å². The van der Waals surface area contributed by atoms with Crippen molar-refractivity contribution in [3.8, 4) is 5.82 Å². The minimum absolute atomic E-state index is 0.276. The fourth-order valence-electron chi connectivity index (χ4n) is 4.18. The third-order valence-electron chi connectivity index (χ3n) is 5.92. The fraction of sp³-hybridized carbons (Fsp3) is 0.455. The van der Waals surface area contributed by atoms with Crippen molar-refractivity contribution < 1.29 is 4.74 Å². The van der Waals surface area contributed by atoms with Crippen LogP contribution in [0.4, 0.5) is 29.1 Å². The monoisotopic (exact) mass is 435 g/mol. The molecular formula is C22H29N9O. The predicted molar refractivity (Wildman–Crippen MR) is 125 cm³/mol. The first-order valence-electron chi connectivity index (χ1n) is 11.3. The molecule has 0 bridgehead atoms. The van der Waals surface area contributed by atoms with Crippen LogP contribution in [0.2, 0.25) is 0 Å². The maximum absolute atomic E-state index is 6.16. The van der Waals surface area contributed by atoms with Gasteiger partial charge >= 0.3 is 0 Å². The molecule has 0 radical (unpaired) electrons. The number of nitrogen functional groups attached to an aromatic ring is 1. The highest BCUT2D eigenvalue weighted by atomic mass is 16.5. The number of hydrogen-bond donors (Lipinski definition) is 2. The number of rotatable bonds is 5. The van der Waals surface area contributed by atoms with Crippen LogP contribution in [0.25, 0.3) is 5.82 Å². The standard InChI is InChI=1S/C22H29N9O/c23-21-27-22(26-17-5-7-18(8-6-17)29-11-13-32-14-12-29)28-31(21)20-15-19(24-16-25-20)30-9-3-1-2-4-10-30/h5-8,15-16H,1-4,9-14H2,(H3,23,26,27,28). The van der Waals surface area contributed by atoms with Crippen LogP contribution in [0.1, 0.15) is 25.7 Å². The molecule has 0 amide bonds. The number of nitrogens with zero attached hydrogens (tertiary/aromatic N) is 7. The Kier molecular flexibility index (Phi) is 6.02. The quantitative estimate of drug-likeness (QED) is 0.625. The number of ether oxygens (including phenoxy) is 1. The second-order valence-corrected chi connectivity index (χ2v) is 8.11. The summed E-state index contributed by atoms with van der Waals surface area (Å²) in [5.74, 6) is 2.22. The Balaban J connectivity index is 1.30. The zero-order valence-electron chi connectivity index (χ0n) is 18.2. The zero-order chi connectivity index (χ0) is 21.8. The van der Waals surface area contributed by atoms with Crippen LogP contribution in [0.3, 0.4) is 0 Å². The van der Waals surface area contributed by atoms with Crippen LogP contribution < -0.4 is 20.9 Å². The Bertz CT molecular complexity index is 1020. The topological polar surface area (TPSA) is 110 Å². The van der Waals surface area contributed by atoms with Crippen molar-refractivity contribution in [3.05, 3.63) is 36.7 Å². The Labute approximate surface area is 187 Å². The Morgan fingerprint density at radius 3 is 2.31 bits per heavy atom. The maximum Gasteiger partial charge on any atom is 0.248 e. The van der Waals surface area contributed by atoms with Crippen molar-refractivity contribution in [3.63, 3.8) is 0 Å². The van der Waals surface area contributed by atoms with Crippen LogP contribution >= 0.6 is 0 Å². The molecule has 4 heterocycles. The number of morpholine rings is 1. The van der Waals surface area contributed by atoms with E-state index in [4.69, 9.17) is 10.5 Å². The number of nitrogens with one attached hydrogen (secondary N) is 1. The van der Waals surface area contributed by atoms with Crippen LogP contribution in [-0.2, 0) is 4.74 Å². The summed E-state index contributed by atoms with van der Waals surface area (Å²) in [7, 11) is 0. The molecule has 2 aliphatic rings. The molecule has 2 aliphatic heterocycles. The molecule has 3 N–H and O–H groups in total. The third-order valence-corrected chi connectivity index (χ3v) is 5.92. The van der Waals surface area contributed by atoms with E-state index in [1.54, 1.807) is 11.0 Å². The normalized spacial score (nSPS) is 17.2. The summed E-state index contributed by atoms with van der Waals surface area (Å²) in [5, 5.41) is 7.76. The van der Waals surface area contributed by atoms with Crippen LogP contribution in [0.5, 0.6) is 0 Å². The van der Waals surface area contributed by atoms with Gasteiger partial charge in [-0.15, -0.1) is 5.10 Å². The van der Waals surface area contributed by atoms with Gasteiger partial charge in [-0.3, -0.25) is 0 Å². The third kappa shape index (κ3) is 4.59. The minimum Gasteiger partial charge on any atom is -0.378 e. The van der Waals surface area contributed by atoms with Crippen molar-refractivity contribution in [2.45, 2.75) is 25.7 Å². The van der Waals surface area contributed by atoms with Crippen LogP contribution in [0.15, 0.2) is 36.7 Å². The van der Waals surface area contributed by atoms with Crippen LogP contribution in [0, 0.1) is 0 Å². The summed E-state index contributed by atoms with van der Waals surface area (Å²) < 4.78 is 6.97. The SMILES string of the molecule is Nc1nc(Nc2ccc(N3CCOCC3)cc2)nn1-c1cc(N2CCCCCC2)ncn1. The molecule has 1 aromatic carbocycles. The summed E-state index contributed by atoms with van der Waals surface area (Å²) in [6.07, 6.45) is 6.47. The Hall–Kier alpha value is -3.40. The first-order valence-corrected chi connectivity index (χ1v) is 11.3. The molecule has 2 aromatic heterocycles. The smallest absolute Gasteiger partial charge is 0.248 e. The number of benzene rings is 1. The second kappa shape index (κ2) is 9.39. The molecule has 3 aromatic rings. The molecule has 32 heavy (non-hydrogen) atoms. The molecule has 0 spiro atoms. The molecule has 0 aliphatic carbocycles. The first-order chi connectivity index (χ1) is 15.8. The summed E-state index contributed by atoms with van der Waals surface area (Å²) in [6, 6.07) is 10.1. The molecule has 5 rings (SSSR count). The van der Waals surface area contributed by atoms with Gasteiger partial charge in [0.1, 0.15) is 12.1 Å². The van der Waals surface area contributed by atoms with Crippen molar-refractivity contribution in [1.82, 2.24) is 24.7 Å². The van der Waals surface area contributed by atoms with Gasteiger partial charge in [-0.1, -0.05) is 12.8 Å². The van der Waals surface area contributed by atoms with Gasteiger partial charge in [-0.05, 0) is 37.1 Å². The number of aromatic nitrogens is 5. The van der Waals surface area contributed by atoms with Gasteiger partial charge < -0.3 is 25.6 Å². The van der Waals surface area contributed by atoms with E-state index in [9.17, 15) is 0 Å². The van der Waals surface area contributed by atoms with Crippen molar-refractivity contribution in [2.24, 2.45) is 0 Å². The molecule has 2 saturated heterocycles. The van der Waals surface area contributed by atoms with Gasteiger partial charge in [0.2, 0.25) is 11.9 Å². The van der Waals surface area contributed by atoms with E-state index < -0.39 is 0 Å². The highest BCUT2D eigenvalue weighted by Gasteiger charge is 2.16. The van der Waals surface area contributed by atoms with Gasteiger partial charge in [-0.2, -0.15) is 9.67 Å². The van der Waals surface area contributed by atoms with Gasteiger partial charge in [0.25, 0.3) is 0 Å². The maximum atomic E-state index is 6.16. The first kappa shape index (κ1) is 20.5. The predicted octanol–water partition coefficient (Wildman–Crippen LogP) is 2.60. The number of hydrogen-bond acceptors (Lipinski definition) is 9. The lowest BCUT2D eigenvalue weighted by atomic mass is 10.2. The highest BCUT2D eigenvalue weighted by molar-refractivity contribution is 5.60. The zero-order valence-corrected chi connectivity index (χ0v) is 18.2. The lowest BCUT2D eigenvalue weighted by Gasteiger charge is -2.28. The van der Waals surface area contributed by atoms with Gasteiger partial charge in [0.05, 0.1) is 13.2 Å². The van der Waals surface area contributed by atoms with Gasteiger partial charge in [0, 0.05) is 43.6 Å². The van der Waals surface area contributed by atoms with E-state index >= 15 is 0 Å². The van der Waals surface area contributed by atoms with E-state index in [0.29, 0.717) is 11.8 Å². The fourth-order valence-corrected chi connectivity index (χ4v) is 4.18. The van der Waals surface area contributed by atoms with Crippen molar-refractivity contribution in [1.29, 1.82) is 0 Å². The minimum atomic E-state index is 0.276.